The van der Waals surface area contributed by atoms with Crippen LogP contribution in [0.4, 0.5) is 18.9 Å². The summed E-state index contributed by atoms with van der Waals surface area (Å²) >= 11 is 0. The first-order chi connectivity index (χ1) is 15.3. The molecule has 162 valence electrons. The van der Waals surface area contributed by atoms with E-state index in [1.54, 1.807) is 35.1 Å². The standard InChI is InChI=1S/C22H16F3N5O2/c23-22(24,25)18-10-13(6-8-26-18)29-21(32)16-11-28-30(19(16)12-4-5-12)17-3-1-2-15-14(17)7-9-27-20(15)31/h1-3,6-12H,4-5H2,(H,27,31)(H,26,29,32). The van der Waals surface area contributed by atoms with E-state index in [4.69, 9.17) is 0 Å². The van der Waals surface area contributed by atoms with Gasteiger partial charge in [-0.1, -0.05) is 6.07 Å². The number of halogens is 3. The van der Waals surface area contributed by atoms with E-state index in [9.17, 15) is 22.8 Å². The van der Waals surface area contributed by atoms with Gasteiger partial charge in [-0.2, -0.15) is 18.3 Å². The van der Waals surface area contributed by atoms with Crippen LogP contribution >= 0.6 is 0 Å². The lowest BCUT2D eigenvalue weighted by Gasteiger charge is -2.12. The number of H-pyrrole nitrogens is 1. The SMILES string of the molecule is O=C(Nc1ccnc(C(F)(F)F)c1)c1cnn(-c2cccc3c(=O)[nH]ccc23)c1C1CC1. The fourth-order valence-electron chi connectivity index (χ4n) is 3.73. The molecule has 5 rings (SSSR count). The quantitative estimate of drug-likeness (QED) is 0.497. The van der Waals surface area contributed by atoms with Gasteiger partial charge in [0.25, 0.3) is 11.5 Å². The molecule has 0 spiro atoms. The van der Waals surface area contributed by atoms with Gasteiger partial charge in [0.1, 0.15) is 5.69 Å². The first kappa shape index (κ1) is 20.0. The number of benzene rings is 1. The molecule has 1 aromatic carbocycles. The maximum absolute atomic E-state index is 13.0. The molecule has 3 aromatic heterocycles. The van der Waals surface area contributed by atoms with Crippen LogP contribution in [-0.4, -0.2) is 25.7 Å². The summed E-state index contributed by atoms with van der Waals surface area (Å²) < 4.78 is 40.5. The Bertz CT molecular complexity index is 1400. The summed E-state index contributed by atoms with van der Waals surface area (Å²) in [7, 11) is 0. The Morgan fingerprint density at radius 1 is 1.16 bits per heavy atom. The number of nitrogens with zero attached hydrogens (tertiary/aromatic N) is 3. The molecule has 10 heteroatoms. The van der Waals surface area contributed by atoms with Gasteiger partial charge in [0.2, 0.25) is 0 Å². The lowest BCUT2D eigenvalue weighted by atomic mass is 10.1. The Balaban J connectivity index is 1.55. The maximum Gasteiger partial charge on any atom is 0.433 e. The molecule has 2 N–H and O–H groups in total. The highest BCUT2D eigenvalue weighted by Crippen LogP contribution is 2.43. The number of fused-ring (bicyclic) bond motifs is 1. The van der Waals surface area contributed by atoms with Gasteiger partial charge in [0.15, 0.2) is 0 Å². The second kappa shape index (κ2) is 7.33. The smallest absolute Gasteiger partial charge is 0.329 e. The number of carbonyl (C=O) groups is 1. The van der Waals surface area contributed by atoms with E-state index >= 15 is 0 Å². The van der Waals surface area contributed by atoms with Crippen molar-refractivity contribution in [1.29, 1.82) is 0 Å². The van der Waals surface area contributed by atoms with Crippen LogP contribution in [0.3, 0.4) is 0 Å². The molecule has 1 amide bonds. The molecule has 0 bridgehead atoms. The van der Waals surface area contributed by atoms with Crippen molar-refractivity contribution in [2.75, 3.05) is 5.32 Å². The van der Waals surface area contributed by atoms with Crippen molar-refractivity contribution in [1.82, 2.24) is 19.7 Å². The molecule has 1 aliphatic rings. The molecule has 7 nitrogen and oxygen atoms in total. The minimum atomic E-state index is -4.61. The number of carbonyl (C=O) groups excluding carboxylic acids is 1. The third-order valence-corrected chi connectivity index (χ3v) is 5.34. The van der Waals surface area contributed by atoms with Crippen molar-refractivity contribution in [3.8, 4) is 5.69 Å². The van der Waals surface area contributed by atoms with E-state index in [0.29, 0.717) is 22.2 Å². The zero-order valence-corrected chi connectivity index (χ0v) is 16.5. The van der Waals surface area contributed by atoms with Gasteiger partial charge < -0.3 is 10.3 Å². The van der Waals surface area contributed by atoms with Crippen LogP contribution < -0.4 is 10.9 Å². The summed E-state index contributed by atoms with van der Waals surface area (Å²) in [6.07, 6.45) is 1.06. The number of aromatic nitrogens is 4. The average Bonchev–Trinajstić information content (AvgIpc) is 3.51. The second-order valence-electron chi connectivity index (χ2n) is 7.56. The number of rotatable bonds is 4. The molecule has 0 unspecified atom stereocenters. The number of alkyl halides is 3. The van der Waals surface area contributed by atoms with Crippen LogP contribution in [-0.2, 0) is 6.18 Å². The Labute approximate surface area is 178 Å². The molecule has 3 heterocycles. The second-order valence-corrected chi connectivity index (χ2v) is 7.56. The van der Waals surface area contributed by atoms with Gasteiger partial charge >= 0.3 is 6.18 Å². The molecule has 0 aliphatic heterocycles. The number of hydrogen-bond acceptors (Lipinski definition) is 4. The Morgan fingerprint density at radius 2 is 1.97 bits per heavy atom. The van der Waals surface area contributed by atoms with Crippen molar-refractivity contribution in [3.05, 3.63) is 82.3 Å². The molecular weight excluding hydrogens is 423 g/mol. The fraction of sp³-hybridized carbons (Fsp3) is 0.182. The Morgan fingerprint density at radius 3 is 2.72 bits per heavy atom. The van der Waals surface area contributed by atoms with Gasteiger partial charge in [-0.05, 0) is 43.2 Å². The van der Waals surface area contributed by atoms with Crippen LogP contribution in [0.2, 0.25) is 0 Å². The van der Waals surface area contributed by atoms with E-state index in [1.807, 2.05) is 0 Å². The van der Waals surface area contributed by atoms with E-state index in [0.717, 1.165) is 25.1 Å². The molecule has 32 heavy (non-hydrogen) atoms. The van der Waals surface area contributed by atoms with Crippen molar-refractivity contribution >= 4 is 22.4 Å². The van der Waals surface area contributed by atoms with Crippen LogP contribution in [0.15, 0.2) is 59.8 Å². The average molecular weight is 439 g/mol. The van der Waals surface area contributed by atoms with Gasteiger partial charge in [-0.15, -0.1) is 0 Å². The fourth-order valence-corrected chi connectivity index (χ4v) is 3.73. The zero-order chi connectivity index (χ0) is 22.5. The van der Waals surface area contributed by atoms with E-state index in [2.05, 4.69) is 20.4 Å². The summed E-state index contributed by atoms with van der Waals surface area (Å²) in [5, 5.41) is 8.08. The predicted octanol–water partition coefficient (Wildman–Crippen LogP) is 4.26. The molecule has 4 aromatic rings. The highest BCUT2D eigenvalue weighted by Gasteiger charge is 2.34. The minimum Gasteiger partial charge on any atom is -0.329 e. The van der Waals surface area contributed by atoms with Crippen molar-refractivity contribution in [3.63, 3.8) is 0 Å². The van der Waals surface area contributed by atoms with Gasteiger partial charge in [0, 0.05) is 34.8 Å². The summed E-state index contributed by atoms with van der Waals surface area (Å²) in [4.78, 5) is 31.1. The minimum absolute atomic E-state index is 0.0106. The van der Waals surface area contributed by atoms with Gasteiger partial charge in [-0.3, -0.25) is 14.6 Å². The monoisotopic (exact) mass is 439 g/mol. The Hall–Kier alpha value is -3.95. The number of aromatic amines is 1. The van der Waals surface area contributed by atoms with E-state index < -0.39 is 17.8 Å². The van der Waals surface area contributed by atoms with Crippen LogP contribution in [0.1, 0.15) is 40.5 Å². The number of hydrogen-bond donors (Lipinski definition) is 2. The first-order valence-corrected chi connectivity index (χ1v) is 9.86. The zero-order valence-electron chi connectivity index (χ0n) is 16.5. The molecular formula is C22H16F3N5O2. The summed E-state index contributed by atoms with van der Waals surface area (Å²) in [6, 6.07) is 9.09. The van der Waals surface area contributed by atoms with Crippen LogP contribution in [0, 0.1) is 0 Å². The maximum atomic E-state index is 13.0. The van der Waals surface area contributed by atoms with Gasteiger partial charge in [-0.25, -0.2) is 4.68 Å². The molecule has 0 saturated heterocycles. The van der Waals surface area contributed by atoms with Crippen molar-refractivity contribution in [2.24, 2.45) is 0 Å². The largest absolute Gasteiger partial charge is 0.433 e. The van der Waals surface area contributed by atoms with Crippen molar-refractivity contribution in [2.45, 2.75) is 24.9 Å². The summed E-state index contributed by atoms with van der Waals surface area (Å²) in [5.74, 6) is -0.464. The van der Waals surface area contributed by atoms with Crippen LogP contribution in [0.5, 0.6) is 0 Å². The first-order valence-electron chi connectivity index (χ1n) is 9.86. The molecule has 1 saturated carbocycles. The molecule has 1 aliphatic carbocycles. The number of pyridine rings is 2. The summed E-state index contributed by atoms with van der Waals surface area (Å²) in [5.41, 5.74) is 0.261. The lowest BCUT2D eigenvalue weighted by molar-refractivity contribution is -0.141. The number of amides is 1. The third-order valence-electron chi connectivity index (χ3n) is 5.34. The molecule has 0 radical (unpaired) electrons. The van der Waals surface area contributed by atoms with Crippen molar-refractivity contribution < 1.29 is 18.0 Å². The molecule has 1 fully saturated rings. The van der Waals surface area contributed by atoms with Gasteiger partial charge in [0.05, 0.1) is 23.1 Å². The number of nitrogens with one attached hydrogen (secondary N) is 2. The lowest BCUT2D eigenvalue weighted by Crippen LogP contribution is -2.16. The van der Waals surface area contributed by atoms with E-state index in [1.165, 1.54) is 12.3 Å². The highest BCUT2D eigenvalue weighted by molar-refractivity contribution is 6.05. The highest BCUT2D eigenvalue weighted by atomic mass is 19.4. The normalized spacial score (nSPS) is 14.0. The predicted molar refractivity (Wildman–Crippen MR) is 111 cm³/mol. The topological polar surface area (TPSA) is 92.7 Å². The summed E-state index contributed by atoms with van der Waals surface area (Å²) in [6.45, 7) is 0. The van der Waals surface area contributed by atoms with E-state index in [-0.39, 0.29) is 22.7 Å². The Kier molecular flexibility index (Phi) is 4.58. The van der Waals surface area contributed by atoms with Crippen LogP contribution in [0.25, 0.3) is 16.5 Å². The third kappa shape index (κ3) is 3.53. The molecule has 0 atom stereocenters. The number of anilines is 1.